The predicted octanol–water partition coefficient (Wildman–Crippen LogP) is 0.975. The molecule has 0 amide bonds. The zero-order valence-electron chi connectivity index (χ0n) is 12.4. The van der Waals surface area contributed by atoms with Crippen molar-refractivity contribution >= 4 is 27.1 Å². The lowest BCUT2D eigenvalue weighted by molar-refractivity contribution is -0.393. The molecule has 10 nitrogen and oxygen atoms in total. The Hall–Kier alpha value is -2.27. The molecule has 0 aliphatic carbocycles. The Morgan fingerprint density at radius 3 is 2.17 bits per heavy atom. The lowest BCUT2D eigenvalue weighted by atomic mass is 10.2. The molecule has 1 saturated heterocycles. The first-order chi connectivity index (χ1) is 10.8. The van der Waals surface area contributed by atoms with Crippen molar-refractivity contribution < 1.29 is 18.3 Å². The van der Waals surface area contributed by atoms with Gasteiger partial charge in [-0.05, 0) is 13.0 Å². The smallest absolute Gasteiger partial charge is 0.299 e. The van der Waals surface area contributed by atoms with Crippen LogP contribution in [0.15, 0.2) is 18.2 Å². The van der Waals surface area contributed by atoms with Crippen LogP contribution < -0.4 is 4.90 Å². The molecule has 0 atom stereocenters. The number of anilines is 1. The SMILES string of the molecule is CCS(=O)(=O)N1CCN(c2ccc([N+](=O)[O-])cc2[N+](=O)[O-])CC1. The quantitative estimate of drug-likeness (QED) is 0.575. The van der Waals surface area contributed by atoms with Crippen molar-refractivity contribution in [3.05, 3.63) is 38.4 Å². The van der Waals surface area contributed by atoms with Crippen LogP contribution in [-0.2, 0) is 10.0 Å². The minimum atomic E-state index is -3.29. The molecule has 1 fully saturated rings. The van der Waals surface area contributed by atoms with E-state index >= 15 is 0 Å². The van der Waals surface area contributed by atoms with Crippen LogP contribution in [0.25, 0.3) is 0 Å². The van der Waals surface area contributed by atoms with E-state index in [9.17, 15) is 28.6 Å². The summed E-state index contributed by atoms with van der Waals surface area (Å²) in [5, 5.41) is 21.9. The number of piperazine rings is 1. The maximum atomic E-state index is 11.8. The van der Waals surface area contributed by atoms with Gasteiger partial charge in [0, 0.05) is 32.2 Å². The molecular formula is C12H16N4O6S. The van der Waals surface area contributed by atoms with Crippen LogP contribution in [0.3, 0.4) is 0 Å². The van der Waals surface area contributed by atoms with Gasteiger partial charge in [0.1, 0.15) is 5.69 Å². The molecule has 0 N–H and O–H groups in total. The van der Waals surface area contributed by atoms with E-state index in [1.165, 1.54) is 16.4 Å². The molecule has 23 heavy (non-hydrogen) atoms. The summed E-state index contributed by atoms with van der Waals surface area (Å²) in [7, 11) is -3.29. The number of non-ortho nitro benzene ring substituents is 1. The predicted molar refractivity (Wildman–Crippen MR) is 83.0 cm³/mol. The van der Waals surface area contributed by atoms with Gasteiger partial charge in [-0.3, -0.25) is 20.2 Å². The van der Waals surface area contributed by atoms with Gasteiger partial charge in [-0.2, -0.15) is 4.31 Å². The first kappa shape index (κ1) is 17.1. The van der Waals surface area contributed by atoms with E-state index in [4.69, 9.17) is 0 Å². The normalized spacial score (nSPS) is 16.3. The summed E-state index contributed by atoms with van der Waals surface area (Å²) < 4.78 is 25.0. The second kappa shape index (κ2) is 6.46. The average Bonchev–Trinajstić information content (AvgIpc) is 2.54. The Morgan fingerprint density at radius 1 is 1.09 bits per heavy atom. The molecule has 0 unspecified atom stereocenters. The summed E-state index contributed by atoms with van der Waals surface area (Å²) in [6.07, 6.45) is 0. The van der Waals surface area contributed by atoms with Crippen LogP contribution in [-0.4, -0.2) is 54.5 Å². The van der Waals surface area contributed by atoms with Crippen molar-refractivity contribution in [1.29, 1.82) is 0 Å². The fourth-order valence-corrected chi connectivity index (χ4v) is 3.51. The Labute approximate surface area is 132 Å². The topological polar surface area (TPSA) is 127 Å². The highest BCUT2D eigenvalue weighted by Gasteiger charge is 2.29. The molecular weight excluding hydrogens is 328 g/mol. The largest absolute Gasteiger partial charge is 0.363 e. The molecule has 1 heterocycles. The number of hydrogen-bond donors (Lipinski definition) is 0. The first-order valence-corrected chi connectivity index (χ1v) is 8.52. The fraction of sp³-hybridized carbons (Fsp3) is 0.500. The van der Waals surface area contributed by atoms with Crippen LogP contribution in [0, 0.1) is 20.2 Å². The summed E-state index contributed by atoms with van der Waals surface area (Å²) in [4.78, 5) is 22.2. The Kier molecular flexibility index (Phi) is 4.80. The highest BCUT2D eigenvalue weighted by atomic mass is 32.2. The Balaban J connectivity index is 2.24. The molecule has 0 bridgehead atoms. The van der Waals surface area contributed by atoms with E-state index in [-0.39, 0.29) is 49.0 Å². The van der Waals surface area contributed by atoms with Crippen molar-refractivity contribution in [2.75, 3.05) is 36.8 Å². The number of benzene rings is 1. The second-order valence-corrected chi connectivity index (χ2v) is 7.23. The molecule has 1 aromatic rings. The molecule has 0 aromatic heterocycles. The molecule has 0 spiro atoms. The molecule has 1 aromatic carbocycles. The first-order valence-electron chi connectivity index (χ1n) is 6.92. The Bertz CT molecular complexity index is 727. The summed E-state index contributed by atoms with van der Waals surface area (Å²) in [6, 6.07) is 3.46. The van der Waals surface area contributed by atoms with Gasteiger partial charge in [0.2, 0.25) is 10.0 Å². The number of nitrogens with zero attached hydrogens (tertiary/aromatic N) is 4. The van der Waals surface area contributed by atoms with Crippen LogP contribution >= 0.6 is 0 Å². The molecule has 1 aliphatic rings. The van der Waals surface area contributed by atoms with Crippen LogP contribution in [0.4, 0.5) is 17.1 Å². The van der Waals surface area contributed by atoms with Gasteiger partial charge in [-0.1, -0.05) is 0 Å². The van der Waals surface area contributed by atoms with Gasteiger partial charge < -0.3 is 4.90 Å². The summed E-state index contributed by atoms with van der Waals surface area (Å²) in [5.74, 6) is 0.00464. The van der Waals surface area contributed by atoms with E-state index in [2.05, 4.69) is 0 Å². The lowest BCUT2D eigenvalue weighted by Gasteiger charge is -2.34. The second-order valence-electron chi connectivity index (χ2n) is 4.97. The standard InChI is InChI=1S/C12H16N4O6S/c1-2-23(21,22)14-7-5-13(6-8-14)11-4-3-10(15(17)18)9-12(11)16(19)20/h3-4,9H,2,5-8H2,1H3. The van der Waals surface area contributed by atoms with Gasteiger partial charge in [-0.15, -0.1) is 0 Å². The van der Waals surface area contributed by atoms with E-state index in [0.717, 1.165) is 6.07 Å². The molecule has 2 rings (SSSR count). The minimum absolute atomic E-state index is 0.00464. The molecule has 11 heteroatoms. The fourth-order valence-electron chi connectivity index (χ4n) is 2.43. The van der Waals surface area contributed by atoms with Gasteiger partial charge >= 0.3 is 0 Å². The third-order valence-corrected chi connectivity index (χ3v) is 5.59. The van der Waals surface area contributed by atoms with Crippen LogP contribution in [0.1, 0.15) is 6.92 Å². The minimum Gasteiger partial charge on any atom is -0.363 e. The third kappa shape index (κ3) is 3.56. The number of sulfonamides is 1. The Morgan fingerprint density at radius 2 is 1.70 bits per heavy atom. The maximum Gasteiger partial charge on any atom is 0.299 e. The zero-order valence-corrected chi connectivity index (χ0v) is 13.2. The number of nitro groups is 2. The lowest BCUT2D eigenvalue weighted by Crippen LogP contribution is -2.49. The number of hydrogen-bond acceptors (Lipinski definition) is 7. The van der Waals surface area contributed by atoms with Crippen molar-refractivity contribution in [3.8, 4) is 0 Å². The zero-order chi connectivity index (χ0) is 17.2. The van der Waals surface area contributed by atoms with Gasteiger partial charge in [0.05, 0.1) is 21.7 Å². The van der Waals surface area contributed by atoms with Gasteiger partial charge in [-0.25, -0.2) is 8.42 Å². The van der Waals surface area contributed by atoms with Gasteiger partial charge in [0.15, 0.2) is 0 Å². The van der Waals surface area contributed by atoms with E-state index in [0.29, 0.717) is 0 Å². The van der Waals surface area contributed by atoms with E-state index in [1.54, 1.807) is 11.8 Å². The third-order valence-electron chi connectivity index (χ3n) is 3.70. The molecule has 0 radical (unpaired) electrons. The summed E-state index contributed by atoms with van der Waals surface area (Å²) >= 11 is 0. The molecule has 126 valence electrons. The van der Waals surface area contributed by atoms with Crippen LogP contribution in [0.5, 0.6) is 0 Å². The van der Waals surface area contributed by atoms with Gasteiger partial charge in [0.25, 0.3) is 11.4 Å². The average molecular weight is 344 g/mol. The maximum absolute atomic E-state index is 11.8. The number of nitro benzene ring substituents is 2. The van der Waals surface area contributed by atoms with Crippen LogP contribution in [0.2, 0.25) is 0 Å². The highest BCUT2D eigenvalue weighted by molar-refractivity contribution is 7.89. The van der Waals surface area contributed by atoms with Crippen molar-refractivity contribution in [2.24, 2.45) is 0 Å². The summed E-state index contributed by atoms with van der Waals surface area (Å²) in [6.45, 7) is 2.59. The highest BCUT2D eigenvalue weighted by Crippen LogP contribution is 2.32. The monoisotopic (exact) mass is 344 g/mol. The summed E-state index contributed by atoms with van der Waals surface area (Å²) in [5.41, 5.74) is -0.451. The number of rotatable bonds is 5. The molecule has 0 saturated carbocycles. The van der Waals surface area contributed by atoms with Crippen molar-refractivity contribution in [3.63, 3.8) is 0 Å². The molecule has 1 aliphatic heterocycles. The van der Waals surface area contributed by atoms with Crippen molar-refractivity contribution in [2.45, 2.75) is 6.92 Å². The van der Waals surface area contributed by atoms with E-state index < -0.39 is 19.9 Å². The van der Waals surface area contributed by atoms with E-state index in [1.807, 2.05) is 0 Å². The van der Waals surface area contributed by atoms with Crippen molar-refractivity contribution in [1.82, 2.24) is 4.31 Å².